The lowest BCUT2D eigenvalue weighted by atomic mass is 10.2. The van der Waals surface area contributed by atoms with E-state index in [1.165, 1.54) is 0 Å². The van der Waals surface area contributed by atoms with Gasteiger partial charge in [0, 0.05) is 11.2 Å². The van der Waals surface area contributed by atoms with Gasteiger partial charge in [-0.15, -0.1) is 0 Å². The molecule has 0 spiro atoms. The number of nitrogens with zero attached hydrogens (tertiary/aromatic N) is 3. The molecular formula is C22H21ClN4O2S. The monoisotopic (exact) mass is 440 g/mol. The number of sulfonamides is 1. The van der Waals surface area contributed by atoms with Crippen LogP contribution >= 0.6 is 11.6 Å². The molecule has 6 nitrogen and oxygen atoms in total. The number of pyridine rings is 1. The van der Waals surface area contributed by atoms with Gasteiger partial charge >= 0.3 is 0 Å². The predicted octanol–water partition coefficient (Wildman–Crippen LogP) is 4.23. The molecule has 2 heterocycles. The fourth-order valence-corrected chi connectivity index (χ4v) is 4.80. The number of benzene rings is 2. The van der Waals surface area contributed by atoms with Crippen molar-refractivity contribution in [1.29, 1.82) is 0 Å². The Bertz CT molecular complexity index is 1310. The zero-order chi connectivity index (χ0) is 21.3. The van der Waals surface area contributed by atoms with Gasteiger partial charge in [-0.2, -0.15) is 0 Å². The van der Waals surface area contributed by atoms with Gasteiger partial charge in [-0.05, 0) is 60.9 Å². The normalized spacial score (nSPS) is 11.8. The van der Waals surface area contributed by atoms with Gasteiger partial charge in [0.05, 0.1) is 18.0 Å². The first kappa shape index (κ1) is 20.5. The third-order valence-electron chi connectivity index (χ3n) is 4.79. The van der Waals surface area contributed by atoms with Gasteiger partial charge in [-0.3, -0.25) is 0 Å². The Morgan fingerprint density at radius 1 is 1.03 bits per heavy atom. The van der Waals surface area contributed by atoms with Crippen LogP contribution in [0, 0.1) is 13.8 Å². The zero-order valence-corrected chi connectivity index (χ0v) is 18.2. The van der Waals surface area contributed by atoms with E-state index >= 15 is 0 Å². The van der Waals surface area contributed by atoms with Gasteiger partial charge < -0.3 is 4.57 Å². The van der Waals surface area contributed by atoms with Crippen molar-refractivity contribution in [2.24, 2.45) is 0 Å². The van der Waals surface area contributed by atoms with Crippen molar-refractivity contribution < 1.29 is 8.42 Å². The van der Waals surface area contributed by atoms with E-state index in [1.807, 2.05) is 54.8 Å². The molecule has 0 bridgehead atoms. The number of aromatic nitrogens is 3. The van der Waals surface area contributed by atoms with E-state index in [0.717, 1.165) is 16.7 Å². The van der Waals surface area contributed by atoms with E-state index < -0.39 is 10.0 Å². The fourth-order valence-electron chi connectivity index (χ4n) is 3.43. The van der Waals surface area contributed by atoms with E-state index in [0.29, 0.717) is 28.6 Å². The van der Waals surface area contributed by atoms with E-state index in [1.54, 1.807) is 24.4 Å². The minimum Gasteiger partial charge on any atom is -0.307 e. The van der Waals surface area contributed by atoms with E-state index in [2.05, 4.69) is 14.7 Å². The Labute approximate surface area is 180 Å². The SMILES string of the molecule is Cc1cc(C)cc(S(=O)(=O)NCc2nc3cccnc3n2Cc2ccccc2Cl)c1. The summed E-state index contributed by atoms with van der Waals surface area (Å²) in [7, 11) is -3.69. The molecule has 30 heavy (non-hydrogen) atoms. The summed E-state index contributed by atoms with van der Waals surface area (Å²) in [6, 6.07) is 16.4. The first-order valence-electron chi connectivity index (χ1n) is 9.45. The molecule has 8 heteroatoms. The molecule has 0 aliphatic rings. The van der Waals surface area contributed by atoms with Gasteiger partial charge in [0.15, 0.2) is 5.65 Å². The first-order valence-corrected chi connectivity index (χ1v) is 11.3. The summed E-state index contributed by atoms with van der Waals surface area (Å²) < 4.78 is 30.3. The van der Waals surface area contributed by atoms with Crippen molar-refractivity contribution in [3.05, 3.63) is 88.3 Å². The Kier molecular flexibility index (Phi) is 5.60. The molecule has 0 saturated carbocycles. The highest BCUT2D eigenvalue weighted by atomic mass is 35.5. The molecule has 4 rings (SSSR count). The average molecular weight is 441 g/mol. The van der Waals surface area contributed by atoms with Crippen molar-refractivity contribution in [2.45, 2.75) is 31.8 Å². The van der Waals surface area contributed by atoms with Crippen LogP contribution < -0.4 is 4.72 Å². The fraction of sp³-hybridized carbons (Fsp3) is 0.182. The highest BCUT2D eigenvalue weighted by Crippen LogP contribution is 2.21. The number of halogens is 1. The first-order chi connectivity index (χ1) is 14.3. The van der Waals surface area contributed by atoms with Gasteiger partial charge in [-0.1, -0.05) is 35.9 Å². The molecule has 2 aromatic carbocycles. The van der Waals surface area contributed by atoms with E-state index in [9.17, 15) is 8.42 Å². The van der Waals surface area contributed by atoms with E-state index in [4.69, 9.17) is 11.6 Å². The maximum absolute atomic E-state index is 12.9. The summed E-state index contributed by atoms with van der Waals surface area (Å²) >= 11 is 6.34. The number of hydrogen-bond acceptors (Lipinski definition) is 4. The minimum absolute atomic E-state index is 0.0378. The lowest BCUT2D eigenvalue weighted by Crippen LogP contribution is -2.25. The molecule has 0 atom stereocenters. The third-order valence-corrected chi connectivity index (χ3v) is 6.54. The number of fused-ring (bicyclic) bond motifs is 1. The second-order valence-electron chi connectivity index (χ2n) is 7.20. The van der Waals surface area contributed by atoms with Crippen LogP contribution in [0.4, 0.5) is 0 Å². The van der Waals surface area contributed by atoms with Crippen LogP contribution in [0.2, 0.25) is 5.02 Å². The predicted molar refractivity (Wildman–Crippen MR) is 118 cm³/mol. The van der Waals surface area contributed by atoms with Crippen LogP contribution in [-0.4, -0.2) is 23.0 Å². The molecule has 2 aromatic heterocycles. The lowest BCUT2D eigenvalue weighted by Gasteiger charge is -2.12. The minimum atomic E-state index is -3.69. The summed E-state index contributed by atoms with van der Waals surface area (Å²) in [6.07, 6.45) is 1.69. The maximum atomic E-state index is 12.9. The summed E-state index contributed by atoms with van der Waals surface area (Å²) in [5.74, 6) is 0.566. The Morgan fingerprint density at radius 2 is 1.77 bits per heavy atom. The van der Waals surface area contributed by atoms with Crippen LogP contribution in [0.3, 0.4) is 0 Å². The maximum Gasteiger partial charge on any atom is 0.240 e. The number of hydrogen-bond donors (Lipinski definition) is 1. The third kappa shape index (κ3) is 4.23. The molecule has 0 unspecified atom stereocenters. The molecule has 0 amide bonds. The molecular weight excluding hydrogens is 420 g/mol. The van der Waals surface area contributed by atoms with Crippen LogP contribution in [0.5, 0.6) is 0 Å². The lowest BCUT2D eigenvalue weighted by molar-refractivity contribution is 0.576. The molecule has 0 aliphatic carbocycles. The summed E-state index contributed by atoms with van der Waals surface area (Å²) in [5.41, 5.74) is 4.07. The van der Waals surface area contributed by atoms with E-state index in [-0.39, 0.29) is 11.4 Å². The molecule has 4 aromatic rings. The molecule has 0 saturated heterocycles. The Hall–Kier alpha value is -2.74. The number of aryl methyl sites for hydroxylation is 2. The van der Waals surface area contributed by atoms with Gasteiger partial charge in [0.2, 0.25) is 10.0 Å². The smallest absolute Gasteiger partial charge is 0.240 e. The number of rotatable bonds is 6. The highest BCUT2D eigenvalue weighted by molar-refractivity contribution is 7.89. The Morgan fingerprint density at radius 3 is 2.50 bits per heavy atom. The average Bonchev–Trinajstić information content (AvgIpc) is 3.05. The molecule has 154 valence electrons. The molecule has 1 N–H and O–H groups in total. The van der Waals surface area contributed by atoms with Gasteiger partial charge in [-0.25, -0.2) is 23.1 Å². The van der Waals surface area contributed by atoms with Crippen molar-refractivity contribution >= 4 is 32.8 Å². The van der Waals surface area contributed by atoms with Gasteiger partial charge in [0.25, 0.3) is 0 Å². The van der Waals surface area contributed by atoms with Crippen LogP contribution in [0.1, 0.15) is 22.5 Å². The Balaban J connectivity index is 1.68. The largest absolute Gasteiger partial charge is 0.307 e. The van der Waals surface area contributed by atoms with Crippen LogP contribution in [0.25, 0.3) is 11.2 Å². The van der Waals surface area contributed by atoms with Gasteiger partial charge in [0.1, 0.15) is 11.3 Å². The second kappa shape index (κ2) is 8.18. The highest BCUT2D eigenvalue weighted by Gasteiger charge is 2.18. The molecule has 0 radical (unpaired) electrons. The van der Waals surface area contributed by atoms with Crippen LogP contribution in [0.15, 0.2) is 65.7 Å². The number of nitrogens with one attached hydrogen (secondary N) is 1. The number of imidazole rings is 1. The summed E-state index contributed by atoms with van der Waals surface area (Å²) in [4.78, 5) is 9.28. The zero-order valence-electron chi connectivity index (χ0n) is 16.6. The quantitative estimate of drug-likeness (QED) is 0.486. The van der Waals surface area contributed by atoms with Crippen LogP contribution in [-0.2, 0) is 23.1 Å². The summed E-state index contributed by atoms with van der Waals surface area (Å²) in [6.45, 7) is 4.23. The van der Waals surface area contributed by atoms with Crippen molar-refractivity contribution in [3.63, 3.8) is 0 Å². The summed E-state index contributed by atoms with van der Waals surface area (Å²) in [5, 5.41) is 0.636. The standard InChI is InChI=1S/C22H21ClN4O2S/c1-15-10-16(2)12-18(11-15)30(28,29)25-13-21-26-20-8-5-9-24-22(20)27(21)14-17-6-3-4-7-19(17)23/h3-12,25H,13-14H2,1-2H3. The van der Waals surface area contributed by atoms with Crippen molar-refractivity contribution in [3.8, 4) is 0 Å². The molecule has 0 fully saturated rings. The van der Waals surface area contributed by atoms with Crippen molar-refractivity contribution in [2.75, 3.05) is 0 Å². The molecule has 0 aliphatic heterocycles. The topological polar surface area (TPSA) is 76.9 Å². The van der Waals surface area contributed by atoms with Crippen molar-refractivity contribution in [1.82, 2.24) is 19.3 Å². The second-order valence-corrected chi connectivity index (χ2v) is 9.37.